The molecule has 0 amide bonds. The maximum Gasteiger partial charge on any atom is 0.133 e. The Hall–Kier alpha value is -1.16. The van der Waals surface area contributed by atoms with Crippen molar-refractivity contribution in [1.29, 1.82) is 0 Å². The van der Waals surface area contributed by atoms with E-state index in [0.717, 1.165) is 30.3 Å². The number of likely N-dealkylation sites (N-methyl/N-ethyl adjacent to an activating group) is 1. The standard InChI is InChI=1S/C16H30N4/c1-11(2)8-14(10-20(6)7)18-15-9-13(5)17-16(19-15)12(3)4/h9,11-12,14H,8,10H2,1-7H3,(H,17,18,19). The number of rotatable bonds is 7. The molecule has 0 saturated heterocycles. The molecule has 0 fully saturated rings. The van der Waals surface area contributed by atoms with Crippen LogP contribution in [0.25, 0.3) is 0 Å². The van der Waals surface area contributed by atoms with Gasteiger partial charge in [0.05, 0.1) is 0 Å². The summed E-state index contributed by atoms with van der Waals surface area (Å²) in [6, 6.07) is 2.45. The Bertz CT molecular complexity index is 403. The van der Waals surface area contributed by atoms with Gasteiger partial charge in [-0.05, 0) is 33.4 Å². The van der Waals surface area contributed by atoms with Crippen LogP contribution in [0, 0.1) is 12.8 Å². The Morgan fingerprint density at radius 2 is 1.80 bits per heavy atom. The molecule has 0 aromatic carbocycles. The summed E-state index contributed by atoms with van der Waals surface area (Å²) in [6.07, 6.45) is 1.14. The van der Waals surface area contributed by atoms with Crippen LogP contribution >= 0.6 is 0 Å². The van der Waals surface area contributed by atoms with Crippen LogP contribution in [0.2, 0.25) is 0 Å². The van der Waals surface area contributed by atoms with Crippen LogP contribution in [0.1, 0.15) is 51.6 Å². The third kappa shape index (κ3) is 5.87. The Morgan fingerprint density at radius 1 is 1.15 bits per heavy atom. The second-order valence-corrected chi connectivity index (χ2v) is 6.64. The lowest BCUT2D eigenvalue weighted by Crippen LogP contribution is -2.34. The van der Waals surface area contributed by atoms with Crippen LogP contribution in [0.15, 0.2) is 6.07 Å². The van der Waals surface area contributed by atoms with Gasteiger partial charge >= 0.3 is 0 Å². The highest BCUT2D eigenvalue weighted by molar-refractivity contribution is 5.37. The molecule has 1 unspecified atom stereocenters. The van der Waals surface area contributed by atoms with E-state index in [-0.39, 0.29) is 0 Å². The van der Waals surface area contributed by atoms with Gasteiger partial charge in [0.2, 0.25) is 0 Å². The van der Waals surface area contributed by atoms with Gasteiger partial charge in [-0.2, -0.15) is 0 Å². The average molecular weight is 278 g/mol. The second kappa shape index (κ2) is 7.58. The maximum absolute atomic E-state index is 4.65. The van der Waals surface area contributed by atoms with E-state index in [1.165, 1.54) is 0 Å². The number of hydrogen-bond donors (Lipinski definition) is 1. The molecule has 0 aliphatic carbocycles. The van der Waals surface area contributed by atoms with Crippen LogP contribution in [0.5, 0.6) is 0 Å². The van der Waals surface area contributed by atoms with Crippen molar-refractivity contribution in [3.63, 3.8) is 0 Å². The highest BCUT2D eigenvalue weighted by atomic mass is 15.1. The zero-order valence-corrected chi connectivity index (χ0v) is 14.1. The molecule has 114 valence electrons. The summed E-state index contributed by atoms with van der Waals surface area (Å²) in [5.41, 5.74) is 1.03. The van der Waals surface area contributed by atoms with E-state index in [1.54, 1.807) is 0 Å². The van der Waals surface area contributed by atoms with E-state index in [1.807, 2.05) is 13.0 Å². The Balaban J connectivity index is 2.86. The lowest BCUT2D eigenvalue weighted by Gasteiger charge is -2.25. The van der Waals surface area contributed by atoms with Crippen molar-refractivity contribution in [2.24, 2.45) is 5.92 Å². The minimum absolute atomic E-state index is 0.354. The molecular formula is C16H30N4. The molecule has 1 N–H and O–H groups in total. The van der Waals surface area contributed by atoms with Crippen molar-refractivity contribution in [3.05, 3.63) is 17.6 Å². The third-order valence-electron chi connectivity index (χ3n) is 3.08. The SMILES string of the molecule is Cc1cc(NC(CC(C)C)CN(C)C)nc(C(C)C)n1. The highest BCUT2D eigenvalue weighted by Gasteiger charge is 2.14. The molecule has 4 nitrogen and oxygen atoms in total. The van der Waals surface area contributed by atoms with Crippen LogP contribution in [-0.2, 0) is 0 Å². The van der Waals surface area contributed by atoms with Crippen LogP contribution in [0.4, 0.5) is 5.82 Å². The Kier molecular flexibility index (Phi) is 6.40. The summed E-state index contributed by atoms with van der Waals surface area (Å²) >= 11 is 0. The average Bonchev–Trinajstić information content (AvgIpc) is 2.25. The molecule has 1 atom stereocenters. The first kappa shape index (κ1) is 16.9. The maximum atomic E-state index is 4.65. The summed E-state index contributed by atoms with van der Waals surface area (Å²) in [5.74, 6) is 2.89. The molecule has 1 heterocycles. The molecule has 4 heteroatoms. The number of hydrogen-bond acceptors (Lipinski definition) is 4. The number of nitrogens with one attached hydrogen (secondary N) is 1. The van der Waals surface area contributed by atoms with Gasteiger partial charge in [0.1, 0.15) is 11.6 Å². The van der Waals surface area contributed by atoms with E-state index in [9.17, 15) is 0 Å². The van der Waals surface area contributed by atoms with Crippen molar-refractivity contribution < 1.29 is 0 Å². The van der Waals surface area contributed by atoms with Gasteiger partial charge in [-0.3, -0.25) is 0 Å². The number of nitrogens with zero attached hydrogens (tertiary/aromatic N) is 3. The topological polar surface area (TPSA) is 41.0 Å². The van der Waals surface area contributed by atoms with Gasteiger partial charge < -0.3 is 10.2 Å². The van der Waals surface area contributed by atoms with Crippen molar-refractivity contribution in [2.45, 2.75) is 53.0 Å². The van der Waals surface area contributed by atoms with Crippen molar-refractivity contribution in [2.75, 3.05) is 26.0 Å². The third-order valence-corrected chi connectivity index (χ3v) is 3.08. The summed E-state index contributed by atoms with van der Waals surface area (Å²) in [7, 11) is 4.22. The van der Waals surface area contributed by atoms with Crippen LogP contribution in [-0.4, -0.2) is 41.5 Å². The first-order chi connectivity index (χ1) is 9.27. The summed E-state index contributed by atoms with van der Waals surface area (Å²) < 4.78 is 0. The van der Waals surface area contributed by atoms with E-state index >= 15 is 0 Å². The predicted molar refractivity (Wildman–Crippen MR) is 86.3 cm³/mol. The smallest absolute Gasteiger partial charge is 0.133 e. The van der Waals surface area contributed by atoms with Crippen molar-refractivity contribution in [3.8, 4) is 0 Å². The molecule has 1 rings (SSSR count). The first-order valence-electron chi connectivity index (χ1n) is 7.54. The van der Waals surface area contributed by atoms with Crippen molar-refractivity contribution >= 4 is 5.82 Å². The fraction of sp³-hybridized carbons (Fsp3) is 0.750. The number of aryl methyl sites for hydroxylation is 1. The Morgan fingerprint density at radius 3 is 2.30 bits per heavy atom. The lowest BCUT2D eigenvalue weighted by atomic mass is 10.0. The molecule has 1 aromatic heterocycles. The molecule has 20 heavy (non-hydrogen) atoms. The van der Waals surface area contributed by atoms with Crippen LogP contribution in [0.3, 0.4) is 0 Å². The monoisotopic (exact) mass is 278 g/mol. The van der Waals surface area contributed by atoms with Gasteiger partial charge in [-0.1, -0.05) is 27.7 Å². The zero-order chi connectivity index (χ0) is 15.3. The van der Waals surface area contributed by atoms with E-state index in [4.69, 9.17) is 0 Å². The first-order valence-corrected chi connectivity index (χ1v) is 7.54. The molecule has 1 aromatic rings. The van der Waals surface area contributed by atoms with Crippen molar-refractivity contribution in [1.82, 2.24) is 14.9 Å². The van der Waals surface area contributed by atoms with Gasteiger partial charge in [0.15, 0.2) is 0 Å². The quantitative estimate of drug-likeness (QED) is 0.831. The van der Waals surface area contributed by atoms with Gasteiger partial charge in [0, 0.05) is 30.3 Å². The largest absolute Gasteiger partial charge is 0.366 e. The number of aromatic nitrogens is 2. The number of anilines is 1. The Labute approximate surface area is 124 Å². The molecule has 0 saturated carbocycles. The summed E-state index contributed by atoms with van der Waals surface area (Å²) in [5, 5.41) is 3.58. The fourth-order valence-corrected chi connectivity index (χ4v) is 2.32. The predicted octanol–water partition coefficient (Wildman–Crippen LogP) is 3.30. The van der Waals surface area contributed by atoms with E-state index < -0.39 is 0 Å². The molecule has 0 aliphatic rings. The highest BCUT2D eigenvalue weighted by Crippen LogP contribution is 2.16. The molecule has 0 aliphatic heterocycles. The van der Waals surface area contributed by atoms with Gasteiger partial charge in [-0.25, -0.2) is 9.97 Å². The summed E-state index contributed by atoms with van der Waals surface area (Å²) in [6.45, 7) is 11.8. The van der Waals surface area contributed by atoms with E-state index in [0.29, 0.717) is 17.9 Å². The molecule has 0 bridgehead atoms. The van der Waals surface area contributed by atoms with Gasteiger partial charge in [-0.15, -0.1) is 0 Å². The lowest BCUT2D eigenvalue weighted by molar-refractivity contribution is 0.356. The molecule has 0 spiro atoms. The normalized spacial score (nSPS) is 13.3. The molecule has 0 radical (unpaired) electrons. The van der Waals surface area contributed by atoms with E-state index in [2.05, 4.69) is 62.0 Å². The zero-order valence-electron chi connectivity index (χ0n) is 14.1. The molecular weight excluding hydrogens is 248 g/mol. The minimum Gasteiger partial charge on any atom is -0.366 e. The van der Waals surface area contributed by atoms with Gasteiger partial charge in [0.25, 0.3) is 0 Å². The second-order valence-electron chi connectivity index (χ2n) is 6.64. The fourth-order valence-electron chi connectivity index (χ4n) is 2.32. The summed E-state index contributed by atoms with van der Waals surface area (Å²) in [4.78, 5) is 11.4. The van der Waals surface area contributed by atoms with Crippen LogP contribution < -0.4 is 5.32 Å². The minimum atomic E-state index is 0.354.